The molecule has 2 aliphatic heterocycles. The molecule has 2 aliphatic rings. The third-order valence-electron chi connectivity index (χ3n) is 6.30. The van der Waals surface area contributed by atoms with Crippen molar-refractivity contribution in [3.05, 3.63) is 100 Å². The van der Waals surface area contributed by atoms with Crippen molar-refractivity contribution in [1.82, 2.24) is 0 Å². The van der Waals surface area contributed by atoms with Crippen molar-refractivity contribution in [2.75, 3.05) is 10.0 Å². The maximum absolute atomic E-state index is 12.5. The molecule has 2 heterocycles. The van der Waals surface area contributed by atoms with Crippen LogP contribution in [0.4, 0.5) is 17.1 Å². The molecule has 0 fully saturated rings. The van der Waals surface area contributed by atoms with Crippen molar-refractivity contribution < 1.29 is 9.72 Å². The van der Waals surface area contributed by atoms with E-state index in [4.69, 9.17) is 5.10 Å². The summed E-state index contributed by atoms with van der Waals surface area (Å²) in [5.41, 5.74) is 4.56. The molecule has 1 atom stereocenters. The Hall–Kier alpha value is -3.98. The maximum atomic E-state index is 12.5. The van der Waals surface area contributed by atoms with E-state index in [1.807, 2.05) is 35.3 Å². The minimum atomic E-state index is -0.898. The summed E-state index contributed by atoms with van der Waals surface area (Å²) in [4.78, 5) is 22.6. The first kappa shape index (κ1) is 23.7. The number of hydrogen-bond donors (Lipinski definition) is 0. The third kappa shape index (κ3) is 4.26. The lowest BCUT2D eigenvalue weighted by Gasteiger charge is -2.46. The van der Waals surface area contributed by atoms with Gasteiger partial charge < -0.3 is 0 Å². The van der Waals surface area contributed by atoms with Gasteiger partial charge in [-0.2, -0.15) is 10.2 Å². The molecule has 9 heteroatoms. The highest BCUT2D eigenvalue weighted by molar-refractivity contribution is 8.17. The van der Waals surface area contributed by atoms with Gasteiger partial charge in [-0.3, -0.25) is 14.9 Å². The zero-order valence-electron chi connectivity index (χ0n) is 20.0. The first-order chi connectivity index (χ1) is 17.4. The number of carbonyl (C=O) groups is 1. The van der Waals surface area contributed by atoms with Crippen LogP contribution < -0.4 is 10.0 Å². The molecular formula is C27H25N5O3S. The highest BCUT2D eigenvalue weighted by atomic mass is 32.2. The maximum Gasteiger partial charge on any atom is 0.271 e. The van der Waals surface area contributed by atoms with Crippen LogP contribution in [-0.2, 0) is 11.2 Å². The van der Waals surface area contributed by atoms with E-state index in [1.54, 1.807) is 17.1 Å². The Morgan fingerprint density at radius 3 is 2.36 bits per heavy atom. The van der Waals surface area contributed by atoms with Crippen LogP contribution in [0.5, 0.6) is 0 Å². The van der Waals surface area contributed by atoms with Crippen LogP contribution in [0.25, 0.3) is 0 Å². The quantitative estimate of drug-likeness (QED) is 0.306. The molecule has 1 unspecified atom stereocenters. The number of thioether (sulfide) groups is 1. The molecular weight excluding hydrogens is 474 g/mol. The molecule has 0 radical (unpaired) electrons. The van der Waals surface area contributed by atoms with E-state index in [0.717, 1.165) is 23.4 Å². The summed E-state index contributed by atoms with van der Waals surface area (Å²) in [5.74, 6) is -0.162. The van der Waals surface area contributed by atoms with Crippen LogP contribution in [0, 0.1) is 10.1 Å². The number of carbonyl (C=O) groups excluding carboxylic acids is 1. The Kier molecular flexibility index (Phi) is 6.32. The largest absolute Gasteiger partial charge is 0.292 e. The molecule has 0 bridgehead atoms. The van der Waals surface area contributed by atoms with Crippen LogP contribution in [0.2, 0.25) is 0 Å². The smallest absolute Gasteiger partial charge is 0.271 e. The zero-order valence-corrected chi connectivity index (χ0v) is 20.8. The van der Waals surface area contributed by atoms with Crippen molar-refractivity contribution >= 4 is 45.4 Å². The number of hydrogen-bond acceptors (Lipinski definition) is 8. The summed E-state index contributed by atoms with van der Waals surface area (Å²) < 4.78 is 0. The predicted octanol–water partition coefficient (Wildman–Crippen LogP) is 5.97. The second-order valence-corrected chi connectivity index (χ2v) is 9.88. The Morgan fingerprint density at radius 1 is 1.00 bits per heavy atom. The predicted molar refractivity (Wildman–Crippen MR) is 145 cm³/mol. The van der Waals surface area contributed by atoms with Crippen LogP contribution in [0.3, 0.4) is 0 Å². The fourth-order valence-corrected chi connectivity index (χ4v) is 5.66. The Bertz CT molecular complexity index is 1370. The number of anilines is 2. The summed E-state index contributed by atoms with van der Waals surface area (Å²) in [6.45, 7) is 3.61. The molecule has 3 aromatic rings. The summed E-state index contributed by atoms with van der Waals surface area (Å²) in [6, 6.07) is 24.5. The Labute approximate surface area is 213 Å². The topological polar surface area (TPSA) is 91.4 Å². The van der Waals surface area contributed by atoms with Gasteiger partial charge >= 0.3 is 0 Å². The third-order valence-corrected chi connectivity index (χ3v) is 7.74. The van der Waals surface area contributed by atoms with Gasteiger partial charge in [0, 0.05) is 25.5 Å². The number of nitrogens with zero attached hydrogens (tertiary/aromatic N) is 5. The van der Waals surface area contributed by atoms with Gasteiger partial charge in [0.1, 0.15) is 0 Å². The molecule has 8 nitrogen and oxygen atoms in total. The van der Waals surface area contributed by atoms with E-state index in [2.05, 4.69) is 36.3 Å². The molecule has 182 valence electrons. The molecule has 0 aromatic heterocycles. The number of aryl methyl sites for hydroxylation is 1. The number of non-ortho nitro benzene ring substituents is 1. The Balaban J connectivity index is 1.65. The van der Waals surface area contributed by atoms with E-state index in [-0.39, 0.29) is 11.5 Å². The van der Waals surface area contributed by atoms with E-state index < -0.39 is 9.92 Å². The zero-order chi connectivity index (χ0) is 25.3. The van der Waals surface area contributed by atoms with Crippen molar-refractivity contribution in [2.45, 2.75) is 38.1 Å². The second-order valence-electron chi connectivity index (χ2n) is 8.64. The van der Waals surface area contributed by atoms with Crippen LogP contribution >= 0.6 is 11.8 Å². The fourth-order valence-electron chi connectivity index (χ4n) is 4.42. The first-order valence-corrected chi connectivity index (χ1v) is 12.6. The van der Waals surface area contributed by atoms with E-state index in [1.165, 1.54) is 36.4 Å². The van der Waals surface area contributed by atoms with Crippen LogP contribution in [0.15, 0.2) is 89.1 Å². The van der Waals surface area contributed by atoms with Gasteiger partial charge in [0.25, 0.3) is 5.69 Å². The van der Waals surface area contributed by atoms with Crippen molar-refractivity contribution in [3.8, 4) is 0 Å². The summed E-state index contributed by atoms with van der Waals surface area (Å²) in [5, 5.41) is 25.2. The van der Waals surface area contributed by atoms with Gasteiger partial charge in [0.2, 0.25) is 4.99 Å². The van der Waals surface area contributed by atoms with Gasteiger partial charge in [-0.1, -0.05) is 55.5 Å². The number of nitro groups is 1. The summed E-state index contributed by atoms with van der Waals surface area (Å²) in [6.07, 6.45) is 2.20. The highest BCUT2D eigenvalue weighted by Gasteiger charge is 2.53. The van der Waals surface area contributed by atoms with Gasteiger partial charge in [-0.15, -0.1) is 0 Å². The molecule has 0 saturated heterocycles. The molecule has 1 spiro atoms. The van der Waals surface area contributed by atoms with Gasteiger partial charge in [-0.05, 0) is 53.9 Å². The number of Topliss-reactive ketones (excluding diaryl/α,β-unsaturated/α-hetero) is 1. The average Bonchev–Trinajstić information content (AvgIpc) is 3.29. The minimum absolute atomic E-state index is 0.0404. The standard InChI is InChI=1S/C27H25N5O3S/c1-3-20-12-14-21(15-13-20)25-16-17-27(30(28-25)22-8-5-4-6-9-22)31(29-26(36-27)19(2)33)23-10-7-11-24(18-23)32(34)35/h4-15,18H,3,16-17H2,1-2H3. The lowest BCUT2D eigenvalue weighted by molar-refractivity contribution is -0.384. The summed E-state index contributed by atoms with van der Waals surface area (Å²) in [7, 11) is 0. The number of hydrazone groups is 2. The molecule has 0 saturated carbocycles. The number of ketones is 1. The van der Waals surface area contributed by atoms with Gasteiger partial charge in [0.15, 0.2) is 10.8 Å². The van der Waals surface area contributed by atoms with Crippen LogP contribution in [0.1, 0.15) is 37.8 Å². The fraction of sp³-hybridized carbons (Fsp3) is 0.222. The van der Waals surface area contributed by atoms with E-state index >= 15 is 0 Å². The number of rotatable bonds is 6. The highest BCUT2D eigenvalue weighted by Crippen LogP contribution is 2.50. The van der Waals surface area contributed by atoms with E-state index in [9.17, 15) is 14.9 Å². The second kappa shape index (κ2) is 9.58. The minimum Gasteiger partial charge on any atom is -0.292 e. The molecule has 0 amide bonds. The van der Waals surface area contributed by atoms with Crippen molar-refractivity contribution in [2.24, 2.45) is 10.2 Å². The summed E-state index contributed by atoms with van der Waals surface area (Å²) >= 11 is 1.34. The molecule has 5 rings (SSSR count). The molecule has 0 aliphatic carbocycles. The Morgan fingerprint density at radius 2 is 1.69 bits per heavy atom. The monoisotopic (exact) mass is 499 g/mol. The average molecular weight is 500 g/mol. The normalized spacial score (nSPS) is 19.3. The van der Waals surface area contributed by atoms with E-state index in [0.29, 0.717) is 23.6 Å². The van der Waals surface area contributed by atoms with Gasteiger partial charge in [-0.25, -0.2) is 10.0 Å². The first-order valence-electron chi connectivity index (χ1n) is 11.8. The lowest BCUT2D eigenvalue weighted by Crippen LogP contribution is -2.56. The number of para-hydroxylation sites is 1. The van der Waals surface area contributed by atoms with Gasteiger partial charge in [0.05, 0.1) is 22.0 Å². The number of benzene rings is 3. The molecule has 3 aromatic carbocycles. The molecule has 36 heavy (non-hydrogen) atoms. The number of nitro benzene ring substituents is 1. The molecule has 0 N–H and O–H groups in total. The SMILES string of the molecule is CCc1ccc(C2=NN(c3ccccc3)C3(CC2)SC(C(C)=O)=NN3c2cccc([N+](=O)[O-])c2)cc1. The van der Waals surface area contributed by atoms with Crippen molar-refractivity contribution in [1.29, 1.82) is 0 Å². The van der Waals surface area contributed by atoms with Crippen molar-refractivity contribution in [3.63, 3.8) is 0 Å². The lowest BCUT2D eigenvalue weighted by atomic mass is 10.0. The van der Waals surface area contributed by atoms with Crippen LogP contribution in [-0.4, -0.2) is 26.5 Å².